The van der Waals surface area contributed by atoms with Crippen LogP contribution in [-0.4, -0.2) is 8.42 Å². The summed E-state index contributed by atoms with van der Waals surface area (Å²) in [6.45, 7) is 1.94. The fourth-order valence-corrected chi connectivity index (χ4v) is 4.41. The van der Waals surface area contributed by atoms with Gasteiger partial charge in [0, 0.05) is 10.2 Å². The molecule has 5 heteroatoms. The Balaban J connectivity index is 2.38. The van der Waals surface area contributed by atoms with E-state index < -0.39 is 9.84 Å². The Kier molecular flexibility index (Phi) is 3.96. The van der Waals surface area contributed by atoms with Crippen LogP contribution in [0.5, 0.6) is 0 Å². The van der Waals surface area contributed by atoms with Crippen LogP contribution in [0.3, 0.4) is 0 Å². The molecular weight excluding hydrogens is 326 g/mol. The van der Waals surface area contributed by atoms with Crippen molar-refractivity contribution in [2.45, 2.75) is 17.6 Å². The lowest BCUT2D eigenvalue weighted by atomic mass is 10.2. The zero-order valence-corrected chi connectivity index (χ0v) is 12.8. The van der Waals surface area contributed by atoms with Crippen molar-refractivity contribution >= 4 is 31.5 Å². The smallest absolute Gasteiger partial charge is 0.183 e. The van der Waals surface area contributed by atoms with Gasteiger partial charge in [0.1, 0.15) is 0 Å². The van der Waals surface area contributed by atoms with Crippen molar-refractivity contribution in [2.24, 2.45) is 0 Å². The van der Waals surface area contributed by atoms with Gasteiger partial charge in [-0.2, -0.15) is 0 Å². The summed E-state index contributed by atoms with van der Waals surface area (Å²) in [5, 5.41) is 0. The van der Waals surface area contributed by atoms with E-state index >= 15 is 0 Å². The fourth-order valence-electron chi connectivity index (χ4n) is 1.87. The maximum atomic E-state index is 12.4. The zero-order chi connectivity index (χ0) is 14.0. The molecule has 0 aliphatic heterocycles. The van der Waals surface area contributed by atoms with Crippen molar-refractivity contribution < 1.29 is 8.42 Å². The highest BCUT2D eigenvalue weighted by Crippen LogP contribution is 2.27. The molecule has 0 amide bonds. The maximum absolute atomic E-state index is 12.4. The second-order valence-corrected chi connectivity index (χ2v) is 7.25. The Morgan fingerprint density at radius 2 is 1.89 bits per heavy atom. The van der Waals surface area contributed by atoms with Crippen molar-refractivity contribution in [1.29, 1.82) is 0 Å². The number of nitrogen functional groups attached to an aromatic ring is 1. The fraction of sp³-hybridized carbons (Fsp3) is 0.143. The molecule has 3 nitrogen and oxygen atoms in total. The summed E-state index contributed by atoms with van der Waals surface area (Å²) in [5.41, 5.74) is 7.97. The summed E-state index contributed by atoms with van der Waals surface area (Å²) < 4.78 is 25.2. The van der Waals surface area contributed by atoms with Crippen LogP contribution in [0, 0.1) is 6.92 Å². The lowest BCUT2D eigenvalue weighted by Crippen LogP contribution is -2.06. The molecule has 0 aliphatic rings. The number of anilines is 1. The molecule has 2 aromatic rings. The molecule has 0 fully saturated rings. The van der Waals surface area contributed by atoms with Crippen LogP contribution in [-0.2, 0) is 15.6 Å². The van der Waals surface area contributed by atoms with Crippen LogP contribution in [0.15, 0.2) is 51.8 Å². The van der Waals surface area contributed by atoms with Crippen LogP contribution in [0.1, 0.15) is 11.1 Å². The lowest BCUT2D eigenvalue weighted by molar-refractivity contribution is 0.595. The molecule has 0 aromatic heterocycles. The van der Waals surface area contributed by atoms with E-state index in [0.29, 0.717) is 10.2 Å². The van der Waals surface area contributed by atoms with Gasteiger partial charge in [-0.1, -0.05) is 29.8 Å². The normalized spacial score (nSPS) is 11.5. The Morgan fingerprint density at radius 3 is 2.53 bits per heavy atom. The van der Waals surface area contributed by atoms with Gasteiger partial charge in [-0.15, -0.1) is 0 Å². The predicted octanol–water partition coefficient (Wildman–Crippen LogP) is 3.31. The molecule has 0 heterocycles. The average molecular weight is 340 g/mol. The minimum Gasteiger partial charge on any atom is -0.399 e. The van der Waals surface area contributed by atoms with Crippen LogP contribution in [0.25, 0.3) is 0 Å². The monoisotopic (exact) mass is 339 g/mol. The summed E-state index contributed by atoms with van der Waals surface area (Å²) in [4.78, 5) is 0.267. The van der Waals surface area contributed by atoms with E-state index in [9.17, 15) is 8.42 Å². The maximum Gasteiger partial charge on any atom is 0.183 e. The van der Waals surface area contributed by atoms with Gasteiger partial charge in [0.25, 0.3) is 0 Å². The van der Waals surface area contributed by atoms with E-state index in [-0.39, 0.29) is 10.6 Å². The molecule has 0 bridgehead atoms. The number of sulfone groups is 1. The zero-order valence-electron chi connectivity index (χ0n) is 10.4. The van der Waals surface area contributed by atoms with E-state index in [4.69, 9.17) is 5.73 Å². The number of hydrogen-bond acceptors (Lipinski definition) is 3. The number of aryl methyl sites for hydroxylation is 1. The van der Waals surface area contributed by atoms with Crippen LogP contribution >= 0.6 is 15.9 Å². The van der Waals surface area contributed by atoms with Gasteiger partial charge >= 0.3 is 0 Å². The third-order valence-electron chi connectivity index (χ3n) is 2.73. The highest BCUT2D eigenvalue weighted by molar-refractivity contribution is 9.10. The number of nitrogens with two attached hydrogens (primary N) is 1. The molecule has 2 rings (SSSR count). The van der Waals surface area contributed by atoms with Gasteiger partial charge in [-0.05, 0) is 46.6 Å². The van der Waals surface area contributed by atoms with Gasteiger partial charge in [-0.25, -0.2) is 8.42 Å². The molecule has 0 spiro atoms. The predicted molar refractivity (Wildman–Crippen MR) is 80.6 cm³/mol. The first kappa shape index (κ1) is 14.1. The topological polar surface area (TPSA) is 60.2 Å². The van der Waals surface area contributed by atoms with Gasteiger partial charge < -0.3 is 5.73 Å². The number of hydrogen-bond donors (Lipinski definition) is 1. The molecule has 0 radical (unpaired) electrons. The van der Waals surface area contributed by atoms with E-state index in [1.54, 1.807) is 12.1 Å². The average Bonchev–Trinajstić information content (AvgIpc) is 2.27. The molecular formula is C14H14BrNO2S. The second-order valence-electron chi connectivity index (χ2n) is 4.44. The highest BCUT2D eigenvalue weighted by atomic mass is 79.9. The molecule has 0 saturated heterocycles. The van der Waals surface area contributed by atoms with E-state index in [1.807, 2.05) is 31.2 Å². The van der Waals surface area contributed by atoms with Crippen LogP contribution in [0.2, 0.25) is 0 Å². The third-order valence-corrected chi connectivity index (χ3v) is 5.39. The number of rotatable bonds is 3. The standard InChI is InChI=1S/C14H14BrNO2S/c1-10-3-2-4-11(7-10)9-19(17,18)14-6-5-12(16)8-13(14)15/h2-8H,9,16H2,1H3. The number of benzene rings is 2. The van der Waals surface area contributed by atoms with Crippen LogP contribution < -0.4 is 5.73 Å². The van der Waals surface area contributed by atoms with E-state index in [1.165, 1.54) is 6.07 Å². The molecule has 100 valence electrons. The first-order valence-corrected chi connectivity index (χ1v) is 8.16. The summed E-state index contributed by atoms with van der Waals surface area (Å²) in [6, 6.07) is 12.2. The third kappa shape index (κ3) is 3.36. The first-order chi connectivity index (χ1) is 8.88. The molecule has 0 saturated carbocycles. The van der Waals surface area contributed by atoms with Crippen LogP contribution in [0.4, 0.5) is 5.69 Å². The van der Waals surface area contributed by atoms with E-state index in [0.717, 1.165) is 11.1 Å². The van der Waals surface area contributed by atoms with Gasteiger partial charge in [0.2, 0.25) is 0 Å². The SMILES string of the molecule is Cc1cccc(CS(=O)(=O)c2ccc(N)cc2Br)c1. The van der Waals surface area contributed by atoms with Gasteiger partial charge in [-0.3, -0.25) is 0 Å². The molecule has 2 N–H and O–H groups in total. The van der Waals surface area contributed by atoms with Crippen molar-refractivity contribution in [3.8, 4) is 0 Å². The Labute approximate surface area is 121 Å². The Morgan fingerprint density at radius 1 is 1.16 bits per heavy atom. The van der Waals surface area contributed by atoms with Crippen molar-refractivity contribution in [3.63, 3.8) is 0 Å². The van der Waals surface area contributed by atoms with Gasteiger partial charge in [0.05, 0.1) is 10.6 Å². The molecule has 2 aromatic carbocycles. The summed E-state index contributed by atoms with van der Waals surface area (Å²) >= 11 is 3.25. The van der Waals surface area contributed by atoms with Crippen molar-refractivity contribution in [1.82, 2.24) is 0 Å². The minimum atomic E-state index is -3.38. The summed E-state index contributed by atoms with van der Waals surface area (Å²) in [7, 11) is -3.38. The quantitative estimate of drug-likeness (QED) is 0.872. The van der Waals surface area contributed by atoms with Crippen molar-refractivity contribution in [2.75, 3.05) is 5.73 Å². The Hall–Kier alpha value is -1.33. The summed E-state index contributed by atoms with van der Waals surface area (Å²) in [6.07, 6.45) is 0. The Bertz CT molecular complexity index is 711. The molecule has 19 heavy (non-hydrogen) atoms. The molecule has 0 atom stereocenters. The second kappa shape index (κ2) is 5.35. The first-order valence-electron chi connectivity index (χ1n) is 5.72. The highest BCUT2D eigenvalue weighted by Gasteiger charge is 2.18. The van der Waals surface area contributed by atoms with E-state index in [2.05, 4.69) is 15.9 Å². The minimum absolute atomic E-state index is 0.0167. The van der Waals surface area contributed by atoms with Gasteiger partial charge in [0.15, 0.2) is 9.84 Å². The lowest BCUT2D eigenvalue weighted by Gasteiger charge is -2.08. The van der Waals surface area contributed by atoms with Crippen molar-refractivity contribution in [3.05, 3.63) is 58.1 Å². The number of halogens is 1. The molecule has 0 aliphatic carbocycles. The largest absolute Gasteiger partial charge is 0.399 e. The molecule has 0 unspecified atom stereocenters. The summed E-state index contributed by atoms with van der Waals surface area (Å²) in [5.74, 6) is -0.0167.